The summed E-state index contributed by atoms with van der Waals surface area (Å²) in [6.45, 7) is 8.33. The number of nitrogens with one attached hydrogen (secondary N) is 1. The van der Waals surface area contributed by atoms with Crippen molar-refractivity contribution in [2.24, 2.45) is 0 Å². The largest absolute Gasteiger partial charge is 0.424 e. The van der Waals surface area contributed by atoms with Crippen LogP contribution in [0.15, 0.2) is 10.5 Å². The predicted octanol–water partition coefficient (Wildman–Crippen LogP) is 1.37. The first kappa shape index (κ1) is 12.8. The molecule has 1 N–H and O–H groups in total. The molecule has 2 heterocycles. The first-order chi connectivity index (χ1) is 8.65. The van der Waals surface area contributed by atoms with Crippen molar-refractivity contribution in [3.05, 3.63) is 29.2 Å². The van der Waals surface area contributed by atoms with Crippen molar-refractivity contribution in [1.82, 2.24) is 25.3 Å². The third kappa shape index (κ3) is 3.40. The molecule has 0 radical (unpaired) electrons. The van der Waals surface area contributed by atoms with Crippen LogP contribution in [0.5, 0.6) is 0 Å². The van der Waals surface area contributed by atoms with E-state index in [0.717, 1.165) is 25.2 Å². The molecule has 0 atom stereocenters. The van der Waals surface area contributed by atoms with Gasteiger partial charge in [0.05, 0.1) is 12.2 Å². The van der Waals surface area contributed by atoms with Crippen LogP contribution in [0, 0.1) is 20.8 Å². The van der Waals surface area contributed by atoms with E-state index >= 15 is 0 Å². The molecule has 0 saturated carbocycles. The number of aryl methyl sites for hydroxylation is 4. The zero-order valence-corrected chi connectivity index (χ0v) is 11.1. The second-order valence-corrected chi connectivity index (χ2v) is 4.40. The van der Waals surface area contributed by atoms with E-state index in [1.165, 1.54) is 5.69 Å². The van der Waals surface area contributed by atoms with E-state index in [-0.39, 0.29) is 0 Å². The highest BCUT2D eigenvalue weighted by Gasteiger charge is 2.02. The van der Waals surface area contributed by atoms with Gasteiger partial charge in [-0.2, -0.15) is 5.10 Å². The van der Waals surface area contributed by atoms with Gasteiger partial charge in [-0.05, 0) is 32.9 Å². The molecular weight excluding hydrogens is 230 g/mol. The maximum atomic E-state index is 5.27. The molecular formula is C12H19N5O. The minimum atomic E-state index is 0.606. The molecule has 0 saturated heterocycles. The maximum Gasteiger partial charge on any atom is 0.230 e. The molecule has 0 spiro atoms. The van der Waals surface area contributed by atoms with Crippen LogP contribution in [-0.4, -0.2) is 26.5 Å². The van der Waals surface area contributed by atoms with Gasteiger partial charge in [-0.3, -0.25) is 4.68 Å². The van der Waals surface area contributed by atoms with E-state index in [0.29, 0.717) is 18.3 Å². The van der Waals surface area contributed by atoms with Gasteiger partial charge in [0.2, 0.25) is 11.8 Å². The SMILES string of the molecule is Cc1cc(C)n(CCCNCc2nnc(C)o2)n1. The average molecular weight is 249 g/mol. The highest BCUT2D eigenvalue weighted by molar-refractivity contribution is 5.06. The van der Waals surface area contributed by atoms with Crippen molar-refractivity contribution >= 4 is 0 Å². The zero-order chi connectivity index (χ0) is 13.0. The van der Waals surface area contributed by atoms with Crippen molar-refractivity contribution in [1.29, 1.82) is 0 Å². The smallest absolute Gasteiger partial charge is 0.230 e. The lowest BCUT2D eigenvalue weighted by Crippen LogP contribution is -2.17. The Kier molecular flexibility index (Phi) is 4.09. The highest BCUT2D eigenvalue weighted by Crippen LogP contribution is 2.02. The van der Waals surface area contributed by atoms with Crippen LogP contribution >= 0.6 is 0 Å². The molecule has 0 amide bonds. The second kappa shape index (κ2) is 5.77. The molecule has 0 aliphatic heterocycles. The Morgan fingerprint density at radius 1 is 1.28 bits per heavy atom. The van der Waals surface area contributed by atoms with Gasteiger partial charge in [-0.1, -0.05) is 0 Å². The van der Waals surface area contributed by atoms with Gasteiger partial charge in [-0.25, -0.2) is 0 Å². The minimum Gasteiger partial charge on any atom is -0.424 e. The summed E-state index contributed by atoms with van der Waals surface area (Å²) in [5, 5.41) is 15.4. The standard InChI is InChI=1S/C12H19N5O/c1-9-7-10(2)17(16-9)6-4-5-13-8-12-15-14-11(3)18-12/h7,13H,4-6,8H2,1-3H3. The lowest BCUT2D eigenvalue weighted by Gasteiger charge is -2.04. The molecule has 0 bridgehead atoms. The predicted molar refractivity (Wildman–Crippen MR) is 67.1 cm³/mol. The topological polar surface area (TPSA) is 68.8 Å². The molecule has 18 heavy (non-hydrogen) atoms. The average Bonchev–Trinajstić information content (AvgIpc) is 2.85. The summed E-state index contributed by atoms with van der Waals surface area (Å²) in [7, 11) is 0. The summed E-state index contributed by atoms with van der Waals surface area (Å²) < 4.78 is 7.30. The summed E-state index contributed by atoms with van der Waals surface area (Å²) in [4.78, 5) is 0. The number of hydrogen-bond donors (Lipinski definition) is 1. The third-order valence-electron chi connectivity index (χ3n) is 2.67. The first-order valence-electron chi connectivity index (χ1n) is 6.16. The Morgan fingerprint density at radius 2 is 2.11 bits per heavy atom. The number of hydrogen-bond acceptors (Lipinski definition) is 5. The van der Waals surface area contributed by atoms with Crippen LogP contribution in [0.1, 0.15) is 29.6 Å². The molecule has 2 aromatic rings. The molecule has 0 fully saturated rings. The molecule has 6 heteroatoms. The van der Waals surface area contributed by atoms with E-state index in [4.69, 9.17) is 4.42 Å². The van der Waals surface area contributed by atoms with Crippen LogP contribution < -0.4 is 5.32 Å². The number of nitrogens with zero attached hydrogens (tertiary/aromatic N) is 4. The number of rotatable bonds is 6. The van der Waals surface area contributed by atoms with Gasteiger partial charge in [0.1, 0.15) is 0 Å². The van der Waals surface area contributed by atoms with Gasteiger partial charge >= 0.3 is 0 Å². The Bertz CT molecular complexity index is 502. The maximum absolute atomic E-state index is 5.27. The van der Waals surface area contributed by atoms with Crippen LogP contribution in [0.25, 0.3) is 0 Å². The normalized spacial score (nSPS) is 11.1. The van der Waals surface area contributed by atoms with Crippen molar-refractivity contribution in [3.63, 3.8) is 0 Å². The summed E-state index contributed by atoms with van der Waals surface area (Å²) in [6, 6.07) is 2.09. The molecule has 2 aromatic heterocycles. The van der Waals surface area contributed by atoms with E-state index in [1.807, 2.05) is 11.6 Å². The molecule has 0 unspecified atom stereocenters. The highest BCUT2D eigenvalue weighted by atomic mass is 16.4. The fourth-order valence-electron chi connectivity index (χ4n) is 1.86. The van der Waals surface area contributed by atoms with Gasteiger partial charge in [0.25, 0.3) is 0 Å². The van der Waals surface area contributed by atoms with E-state index < -0.39 is 0 Å². The fraction of sp³-hybridized carbons (Fsp3) is 0.583. The van der Waals surface area contributed by atoms with Crippen LogP contribution in [0.4, 0.5) is 0 Å². The summed E-state index contributed by atoms with van der Waals surface area (Å²) in [5.41, 5.74) is 2.28. The zero-order valence-electron chi connectivity index (χ0n) is 11.1. The van der Waals surface area contributed by atoms with Crippen LogP contribution in [0.3, 0.4) is 0 Å². The first-order valence-corrected chi connectivity index (χ1v) is 6.16. The molecule has 98 valence electrons. The number of aromatic nitrogens is 4. The molecule has 0 aliphatic rings. The Labute approximate surface area is 106 Å². The van der Waals surface area contributed by atoms with E-state index in [2.05, 4.69) is 33.6 Å². The van der Waals surface area contributed by atoms with Crippen LogP contribution in [0.2, 0.25) is 0 Å². The summed E-state index contributed by atoms with van der Waals surface area (Å²) in [5.74, 6) is 1.24. The van der Waals surface area contributed by atoms with Crippen molar-refractivity contribution < 1.29 is 4.42 Å². The fourth-order valence-corrected chi connectivity index (χ4v) is 1.86. The molecule has 0 aliphatic carbocycles. The Hall–Kier alpha value is -1.69. The summed E-state index contributed by atoms with van der Waals surface area (Å²) >= 11 is 0. The quantitative estimate of drug-likeness (QED) is 0.783. The van der Waals surface area contributed by atoms with E-state index in [1.54, 1.807) is 6.92 Å². The van der Waals surface area contributed by atoms with Crippen molar-refractivity contribution in [2.45, 2.75) is 40.3 Å². The van der Waals surface area contributed by atoms with Crippen LogP contribution in [-0.2, 0) is 13.1 Å². The Balaban J connectivity index is 1.66. The van der Waals surface area contributed by atoms with Gasteiger partial charge in [0, 0.05) is 19.2 Å². The Morgan fingerprint density at radius 3 is 2.72 bits per heavy atom. The molecule has 2 rings (SSSR count). The molecule has 0 aromatic carbocycles. The monoisotopic (exact) mass is 249 g/mol. The summed E-state index contributed by atoms with van der Waals surface area (Å²) in [6.07, 6.45) is 1.02. The van der Waals surface area contributed by atoms with E-state index in [9.17, 15) is 0 Å². The van der Waals surface area contributed by atoms with Crippen molar-refractivity contribution in [2.75, 3.05) is 6.54 Å². The lowest BCUT2D eigenvalue weighted by molar-refractivity contribution is 0.440. The lowest BCUT2D eigenvalue weighted by atomic mass is 10.4. The van der Waals surface area contributed by atoms with Gasteiger partial charge in [0.15, 0.2) is 0 Å². The molecule has 6 nitrogen and oxygen atoms in total. The van der Waals surface area contributed by atoms with Gasteiger partial charge < -0.3 is 9.73 Å². The third-order valence-corrected chi connectivity index (χ3v) is 2.67. The second-order valence-electron chi connectivity index (χ2n) is 4.40. The van der Waals surface area contributed by atoms with Crippen molar-refractivity contribution in [3.8, 4) is 0 Å². The van der Waals surface area contributed by atoms with Gasteiger partial charge in [-0.15, -0.1) is 10.2 Å². The minimum absolute atomic E-state index is 0.606.